The van der Waals surface area contributed by atoms with Crippen molar-refractivity contribution in [3.05, 3.63) is 0 Å². The lowest BCUT2D eigenvalue weighted by Gasteiger charge is -2.19. The van der Waals surface area contributed by atoms with Crippen LogP contribution in [-0.2, 0) is 9.84 Å². The predicted octanol–water partition coefficient (Wildman–Crippen LogP) is 2.44. The van der Waals surface area contributed by atoms with E-state index in [1.54, 1.807) is 20.8 Å². The number of hydrogen-bond donors (Lipinski definition) is 1. The number of hydrogen-bond acceptors (Lipinski definition) is 3. The molecule has 0 rings (SSSR count). The van der Waals surface area contributed by atoms with Crippen LogP contribution in [0.2, 0.25) is 0 Å². The van der Waals surface area contributed by atoms with E-state index in [2.05, 4.69) is 19.2 Å². The second-order valence-electron chi connectivity index (χ2n) is 5.86. The smallest absolute Gasteiger partial charge is 0.156 e. The summed E-state index contributed by atoms with van der Waals surface area (Å²) < 4.78 is 22.9. The van der Waals surface area contributed by atoms with Crippen molar-refractivity contribution in [3.8, 4) is 0 Å². The summed E-state index contributed by atoms with van der Waals surface area (Å²) in [7, 11) is -3.02. The van der Waals surface area contributed by atoms with Crippen LogP contribution in [0.4, 0.5) is 0 Å². The van der Waals surface area contributed by atoms with Gasteiger partial charge in [0.25, 0.3) is 0 Å². The van der Waals surface area contributed by atoms with E-state index in [9.17, 15) is 8.42 Å². The largest absolute Gasteiger partial charge is 0.314 e. The maximum absolute atomic E-state index is 11.8. The van der Waals surface area contributed by atoms with Crippen molar-refractivity contribution >= 4 is 21.4 Å². The first kappa shape index (κ1) is 17.2. The summed E-state index contributed by atoms with van der Waals surface area (Å²) in [6.45, 7) is 10.6. The van der Waals surface area contributed by atoms with Crippen LogP contribution in [0.5, 0.6) is 0 Å². The Morgan fingerprint density at radius 3 is 2.18 bits per heavy atom. The fraction of sp³-hybridized carbons (Fsp3) is 1.00. The predicted molar refractivity (Wildman–Crippen MR) is 75.5 cm³/mol. The Morgan fingerprint density at radius 1 is 1.24 bits per heavy atom. The first-order valence-corrected chi connectivity index (χ1v) is 8.22. The fourth-order valence-electron chi connectivity index (χ4n) is 1.37. The second-order valence-corrected chi connectivity index (χ2v) is 9.34. The van der Waals surface area contributed by atoms with E-state index in [-0.39, 0.29) is 11.1 Å². The SMILES string of the molecule is CC(C)CC(Cl)CNCCS(=O)(=O)C(C)(C)C. The lowest BCUT2D eigenvalue weighted by atomic mass is 10.1. The van der Waals surface area contributed by atoms with Crippen LogP contribution in [-0.4, -0.2) is 37.4 Å². The molecule has 0 aliphatic heterocycles. The molecule has 0 aliphatic rings. The maximum atomic E-state index is 11.8. The molecule has 1 atom stereocenters. The molecule has 5 heteroatoms. The van der Waals surface area contributed by atoms with E-state index in [0.29, 0.717) is 19.0 Å². The monoisotopic (exact) mass is 283 g/mol. The van der Waals surface area contributed by atoms with Gasteiger partial charge in [0, 0.05) is 18.5 Å². The van der Waals surface area contributed by atoms with Crippen molar-refractivity contribution < 1.29 is 8.42 Å². The molecule has 0 radical (unpaired) electrons. The van der Waals surface area contributed by atoms with E-state index >= 15 is 0 Å². The standard InChI is InChI=1S/C12H26ClNO2S/c1-10(2)8-11(13)9-14-6-7-17(15,16)12(3,4)5/h10-11,14H,6-9H2,1-5H3. The van der Waals surface area contributed by atoms with Gasteiger partial charge in [0.1, 0.15) is 0 Å². The normalized spacial score (nSPS) is 15.2. The number of halogens is 1. The van der Waals surface area contributed by atoms with Crippen LogP contribution in [0.15, 0.2) is 0 Å². The van der Waals surface area contributed by atoms with Crippen molar-refractivity contribution in [2.24, 2.45) is 5.92 Å². The van der Waals surface area contributed by atoms with Gasteiger partial charge in [-0.2, -0.15) is 0 Å². The van der Waals surface area contributed by atoms with Crippen LogP contribution in [0.3, 0.4) is 0 Å². The minimum Gasteiger partial charge on any atom is -0.314 e. The second kappa shape index (κ2) is 6.95. The fourth-order valence-corrected chi connectivity index (χ4v) is 2.86. The Morgan fingerprint density at radius 2 is 1.76 bits per heavy atom. The van der Waals surface area contributed by atoms with Gasteiger partial charge in [-0.25, -0.2) is 8.42 Å². The molecule has 1 N–H and O–H groups in total. The lowest BCUT2D eigenvalue weighted by Crippen LogP contribution is -2.36. The summed E-state index contributed by atoms with van der Waals surface area (Å²) in [6, 6.07) is 0. The molecular formula is C12H26ClNO2S. The molecule has 17 heavy (non-hydrogen) atoms. The highest BCUT2D eigenvalue weighted by Gasteiger charge is 2.28. The summed E-state index contributed by atoms with van der Waals surface area (Å²) in [5.74, 6) is 0.736. The van der Waals surface area contributed by atoms with Crippen LogP contribution in [0, 0.1) is 5.92 Å². The highest BCUT2D eigenvalue weighted by atomic mass is 35.5. The molecule has 3 nitrogen and oxygen atoms in total. The highest BCUT2D eigenvalue weighted by Crippen LogP contribution is 2.15. The molecule has 0 fully saturated rings. The Kier molecular flexibility index (Phi) is 7.04. The van der Waals surface area contributed by atoms with E-state index in [4.69, 9.17) is 11.6 Å². The Bertz CT molecular complexity index is 307. The van der Waals surface area contributed by atoms with Gasteiger partial charge in [-0.3, -0.25) is 0 Å². The molecule has 0 heterocycles. The van der Waals surface area contributed by atoms with Gasteiger partial charge in [0.05, 0.1) is 10.5 Å². The van der Waals surface area contributed by atoms with E-state index < -0.39 is 14.6 Å². The average Bonchev–Trinajstić information content (AvgIpc) is 2.09. The number of sulfone groups is 1. The van der Waals surface area contributed by atoms with Gasteiger partial charge >= 0.3 is 0 Å². The van der Waals surface area contributed by atoms with E-state index in [1.807, 2.05) is 0 Å². The molecule has 1 unspecified atom stereocenters. The van der Waals surface area contributed by atoms with Crippen molar-refractivity contribution in [3.63, 3.8) is 0 Å². The number of alkyl halides is 1. The molecule has 104 valence electrons. The van der Waals surface area contributed by atoms with Gasteiger partial charge in [-0.05, 0) is 33.1 Å². The average molecular weight is 284 g/mol. The third kappa shape index (κ3) is 7.27. The maximum Gasteiger partial charge on any atom is 0.156 e. The third-order valence-electron chi connectivity index (χ3n) is 2.57. The molecule has 0 saturated carbocycles. The highest BCUT2D eigenvalue weighted by molar-refractivity contribution is 7.92. The van der Waals surface area contributed by atoms with Gasteiger partial charge < -0.3 is 5.32 Å². The topological polar surface area (TPSA) is 46.2 Å². The van der Waals surface area contributed by atoms with E-state index in [1.165, 1.54) is 0 Å². The molecule has 0 aliphatic carbocycles. The lowest BCUT2D eigenvalue weighted by molar-refractivity contribution is 0.532. The first-order chi connectivity index (χ1) is 7.56. The van der Waals surface area contributed by atoms with E-state index in [0.717, 1.165) is 6.42 Å². The minimum absolute atomic E-state index is 0.0762. The molecule has 0 aromatic heterocycles. The molecule has 0 saturated heterocycles. The molecule has 0 bridgehead atoms. The Balaban J connectivity index is 3.87. The van der Waals surface area contributed by atoms with Crippen LogP contribution in [0.25, 0.3) is 0 Å². The van der Waals surface area contributed by atoms with Crippen molar-refractivity contribution in [1.82, 2.24) is 5.32 Å². The van der Waals surface area contributed by atoms with Crippen molar-refractivity contribution in [1.29, 1.82) is 0 Å². The first-order valence-electron chi connectivity index (χ1n) is 6.13. The zero-order valence-corrected chi connectivity index (χ0v) is 13.2. The Hall–Kier alpha value is 0.200. The third-order valence-corrected chi connectivity index (χ3v) is 5.51. The van der Waals surface area contributed by atoms with Crippen LogP contribution in [0.1, 0.15) is 41.0 Å². The van der Waals surface area contributed by atoms with Crippen molar-refractivity contribution in [2.75, 3.05) is 18.8 Å². The zero-order valence-electron chi connectivity index (χ0n) is 11.6. The summed E-state index contributed by atoms with van der Waals surface area (Å²) >= 11 is 6.10. The molecule has 0 spiro atoms. The molecule has 0 aromatic rings. The van der Waals surface area contributed by atoms with Gasteiger partial charge in [-0.1, -0.05) is 13.8 Å². The zero-order chi connectivity index (χ0) is 13.7. The van der Waals surface area contributed by atoms with Crippen molar-refractivity contribution in [2.45, 2.75) is 51.2 Å². The summed E-state index contributed by atoms with van der Waals surface area (Å²) in [5, 5.41) is 3.18. The summed E-state index contributed by atoms with van der Waals surface area (Å²) in [6.07, 6.45) is 0.945. The van der Waals surface area contributed by atoms with Gasteiger partial charge in [0.2, 0.25) is 0 Å². The summed E-state index contributed by atoms with van der Waals surface area (Å²) in [4.78, 5) is 0. The number of nitrogens with one attached hydrogen (secondary N) is 1. The summed E-state index contributed by atoms with van der Waals surface area (Å²) in [5.41, 5.74) is 0. The molecular weight excluding hydrogens is 258 g/mol. The molecule has 0 amide bonds. The van der Waals surface area contributed by atoms with Gasteiger partial charge in [-0.15, -0.1) is 11.6 Å². The quantitative estimate of drug-likeness (QED) is 0.577. The van der Waals surface area contributed by atoms with Gasteiger partial charge in [0.15, 0.2) is 9.84 Å². The number of rotatable bonds is 7. The Labute approximate surface area is 111 Å². The molecule has 0 aromatic carbocycles. The minimum atomic E-state index is -3.02. The van der Waals surface area contributed by atoms with Crippen LogP contribution < -0.4 is 5.32 Å². The van der Waals surface area contributed by atoms with Crippen LogP contribution >= 0.6 is 11.6 Å².